The number of hydrogen-bond donors (Lipinski definition) is 2. The second-order valence-electron chi connectivity index (χ2n) is 7.61. The van der Waals surface area contributed by atoms with Gasteiger partial charge in [0.25, 0.3) is 0 Å². The minimum Gasteiger partial charge on any atom is -0.378 e. The van der Waals surface area contributed by atoms with Crippen LogP contribution in [0.2, 0.25) is 0 Å². The summed E-state index contributed by atoms with van der Waals surface area (Å²) in [4.78, 5) is 12.7. The zero-order chi connectivity index (χ0) is 19.8. The molecule has 0 radical (unpaired) electrons. The lowest BCUT2D eigenvalue weighted by molar-refractivity contribution is -0.171. The summed E-state index contributed by atoms with van der Waals surface area (Å²) < 4.78 is 43.5. The molecular formula is C19H28ClF3N2O2. The van der Waals surface area contributed by atoms with Crippen LogP contribution in [-0.4, -0.2) is 30.2 Å². The first-order chi connectivity index (χ1) is 11.9. The molecule has 3 N–H and O–H groups in total. The van der Waals surface area contributed by atoms with Gasteiger partial charge >= 0.3 is 6.18 Å². The van der Waals surface area contributed by atoms with Crippen molar-refractivity contribution >= 4 is 18.3 Å². The summed E-state index contributed by atoms with van der Waals surface area (Å²) in [5.74, 6) is -0.252. The molecule has 3 unspecified atom stereocenters. The number of nitrogens with one attached hydrogen (secondary N) is 1. The van der Waals surface area contributed by atoms with Gasteiger partial charge in [0.15, 0.2) is 0 Å². The summed E-state index contributed by atoms with van der Waals surface area (Å²) in [5, 5.41) is 2.89. The van der Waals surface area contributed by atoms with Gasteiger partial charge in [0.1, 0.15) is 5.54 Å². The third-order valence-corrected chi connectivity index (χ3v) is 5.44. The number of carbonyl (C=O) groups is 1. The van der Waals surface area contributed by atoms with E-state index in [1.54, 1.807) is 0 Å². The lowest BCUT2D eigenvalue weighted by Crippen LogP contribution is -2.76. The second-order valence-corrected chi connectivity index (χ2v) is 7.61. The Kier molecular flexibility index (Phi) is 7.36. The van der Waals surface area contributed by atoms with Gasteiger partial charge in [0.2, 0.25) is 5.91 Å². The average molecular weight is 409 g/mol. The summed E-state index contributed by atoms with van der Waals surface area (Å²) >= 11 is 0. The normalized spacial score (nSPS) is 25.1. The monoisotopic (exact) mass is 408 g/mol. The molecule has 27 heavy (non-hydrogen) atoms. The minimum atomic E-state index is -4.35. The van der Waals surface area contributed by atoms with Gasteiger partial charge in [0.05, 0.1) is 11.7 Å². The summed E-state index contributed by atoms with van der Waals surface area (Å²) in [7, 11) is 0. The van der Waals surface area contributed by atoms with Gasteiger partial charge in [-0.1, -0.05) is 26.0 Å². The Morgan fingerprint density at radius 3 is 2.33 bits per heavy atom. The molecule has 1 amide bonds. The Morgan fingerprint density at radius 2 is 1.89 bits per heavy atom. The molecule has 0 aliphatic heterocycles. The lowest BCUT2D eigenvalue weighted by atomic mass is 9.54. The topological polar surface area (TPSA) is 64.3 Å². The van der Waals surface area contributed by atoms with Crippen molar-refractivity contribution in [1.82, 2.24) is 5.32 Å². The number of nitrogens with two attached hydrogens (primary N) is 1. The fraction of sp³-hybridized carbons (Fsp3) is 0.632. The van der Waals surface area contributed by atoms with Crippen molar-refractivity contribution in [1.29, 1.82) is 0 Å². The number of rotatable bonds is 6. The van der Waals surface area contributed by atoms with Gasteiger partial charge in [-0.15, -0.1) is 12.4 Å². The van der Waals surface area contributed by atoms with E-state index in [0.29, 0.717) is 19.4 Å². The molecule has 1 aliphatic rings. The molecule has 0 heterocycles. The summed E-state index contributed by atoms with van der Waals surface area (Å²) in [6.45, 7) is 8.10. The fourth-order valence-corrected chi connectivity index (χ4v) is 3.41. The van der Waals surface area contributed by atoms with E-state index in [1.165, 1.54) is 12.1 Å². The molecule has 1 aromatic carbocycles. The number of benzene rings is 1. The van der Waals surface area contributed by atoms with E-state index >= 15 is 0 Å². The van der Waals surface area contributed by atoms with E-state index < -0.39 is 22.7 Å². The molecule has 1 fully saturated rings. The van der Waals surface area contributed by atoms with Crippen molar-refractivity contribution in [2.75, 3.05) is 6.61 Å². The van der Waals surface area contributed by atoms with Crippen molar-refractivity contribution in [3.63, 3.8) is 0 Å². The van der Waals surface area contributed by atoms with Crippen LogP contribution in [0.15, 0.2) is 24.3 Å². The van der Waals surface area contributed by atoms with Crippen LogP contribution in [0, 0.1) is 5.41 Å². The van der Waals surface area contributed by atoms with Crippen LogP contribution >= 0.6 is 12.4 Å². The van der Waals surface area contributed by atoms with Crippen LogP contribution in [0.3, 0.4) is 0 Å². The quantitative estimate of drug-likeness (QED) is 0.754. The van der Waals surface area contributed by atoms with Gasteiger partial charge < -0.3 is 15.8 Å². The largest absolute Gasteiger partial charge is 0.416 e. The number of carbonyl (C=O) groups excluding carboxylic acids is 1. The maximum Gasteiger partial charge on any atom is 0.416 e. The highest BCUT2D eigenvalue weighted by Gasteiger charge is 2.62. The number of hydrogen-bond acceptors (Lipinski definition) is 3. The van der Waals surface area contributed by atoms with E-state index in [2.05, 4.69) is 5.32 Å². The number of halogens is 4. The molecular weight excluding hydrogens is 381 g/mol. The predicted molar refractivity (Wildman–Crippen MR) is 101 cm³/mol. The fourth-order valence-electron chi connectivity index (χ4n) is 3.41. The minimum absolute atomic E-state index is 0. The molecule has 8 heteroatoms. The Labute approximate surface area is 164 Å². The van der Waals surface area contributed by atoms with Crippen molar-refractivity contribution in [3.8, 4) is 0 Å². The SMILES string of the molecule is CCOC1CC(N)(C(=O)NC(C)Cc2ccc(C(F)(F)F)cc2)C1(C)C.Cl. The third-order valence-electron chi connectivity index (χ3n) is 5.44. The second kappa shape index (κ2) is 8.37. The zero-order valence-corrected chi connectivity index (χ0v) is 16.8. The number of alkyl halides is 3. The van der Waals surface area contributed by atoms with Gasteiger partial charge in [-0.25, -0.2) is 0 Å². The molecule has 154 valence electrons. The zero-order valence-electron chi connectivity index (χ0n) is 16.0. The van der Waals surface area contributed by atoms with Crippen LogP contribution in [0.1, 0.15) is 45.2 Å². The van der Waals surface area contributed by atoms with Crippen LogP contribution in [-0.2, 0) is 22.1 Å². The standard InChI is InChI=1S/C19H27F3N2O2.ClH/c1-5-26-15-11-18(23,17(15,3)4)16(25)24-12(2)10-13-6-8-14(9-7-13)19(20,21)22;/h6-9,12,15H,5,10-11,23H2,1-4H3,(H,24,25);1H. The van der Waals surface area contributed by atoms with E-state index in [4.69, 9.17) is 10.5 Å². The third kappa shape index (κ3) is 4.76. The number of ether oxygens (including phenoxy) is 1. The van der Waals surface area contributed by atoms with E-state index in [-0.39, 0.29) is 30.5 Å². The molecule has 0 bridgehead atoms. The van der Waals surface area contributed by atoms with Crippen molar-refractivity contribution in [2.45, 2.75) is 64.4 Å². The molecule has 0 saturated heterocycles. The smallest absolute Gasteiger partial charge is 0.378 e. The Bertz CT molecular complexity index is 649. The van der Waals surface area contributed by atoms with E-state index in [1.807, 2.05) is 27.7 Å². The Balaban J connectivity index is 0.00000364. The van der Waals surface area contributed by atoms with Crippen molar-refractivity contribution in [2.24, 2.45) is 11.1 Å². The van der Waals surface area contributed by atoms with Crippen LogP contribution < -0.4 is 11.1 Å². The van der Waals surface area contributed by atoms with Crippen LogP contribution in [0.25, 0.3) is 0 Å². The summed E-state index contributed by atoms with van der Waals surface area (Å²) in [6.07, 6.45) is -3.53. The molecule has 1 aromatic rings. The molecule has 4 nitrogen and oxygen atoms in total. The maximum atomic E-state index is 12.7. The van der Waals surface area contributed by atoms with Gasteiger partial charge in [0, 0.05) is 24.5 Å². The lowest BCUT2D eigenvalue weighted by Gasteiger charge is -2.57. The van der Waals surface area contributed by atoms with E-state index in [9.17, 15) is 18.0 Å². The first-order valence-corrected chi connectivity index (χ1v) is 8.79. The molecule has 1 saturated carbocycles. The highest BCUT2D eigenvalue weighted by molar-refractivity contribution is 5.89. The van der Waals surface area contributed by atoms with E-state index in [0.717, 1.165) is 17.7 Å². The van der Waals surface area contributed by atoms with Gasteiger partial charge in [-0.2, -0.15) is 13.2 Å². The van der Waals surface area contributed by atoms with Gasteiger partial charge in [-0.05, 0) is 38.0 Å². The Hall–Kier alpha value is -1.31. The molecule has 1 aliphatic carbocycles. The first kappa shape index (κ1) is 23.7. The molecule has 2 rings (SSSR count). The van der Waals surface area contributed by atoms with Crippen molar-refractivity contribution in [3.05, 3.63) is 35.4 Å². The van der Waals surface area contributed by atoms with Crippen LogP contribution in [0.4, 0.5) is 13.2 Å². The first-order valence-electron chi connectivity index (χ1n) is 8.79. The average Bonchev–Trinajstić information content (AvgIpc) is 2.53. The van der Waals surface area contributed by atoms with Crippen molar-refractivity contribution < 1.29 is 22.7 Å². The van der Waals surface area contributed by atoms with Gasteiger partial charge in [-0.3, -0.25) is 4.79 Å². The van der Waals surface area contributed by atoms with Crippen LogP contribution in [0.5, 0.6) is 0 Å². The molecule has 3 atom stereocenters. The molecule has 0 spiro atoms. The number of amides is 1. The maximum absolute atomic E-state index is 12.7. The highest BCUT2D eigenvalue weighted by Crippen LogP contribution is 2.49. The molecule has 0 aromatic heterocycles. The Morgan fingerprint density at radius 1 is 1.33 bits per heavy atom. The summed E-state index contributed by atoms with van der Waals surface area (Å²) in [5.41, 5.74) is 4.88. The predicted octanol–water partition coefficient (Wildman–Crippen LogP) is 3.71. The summed E-state index contributed by atoms with van der Waals surface area (Å²) in [6, 6.07) is 4.72. The highest BCUT2D eigenvalue weighted by atomic mass is 35.5.